The molecule has 2 unspecified atom stereocenters. The van der Waals surface area contributed by atoms with Gasteiger partial charge >= 0.3 is 0 Å². The highest BCUT2D eigenvalue weighted by Crippen LogP contribution is 2.31. The highest BCUT2D eigenvalue weighted by molar-refractivity contribution is 5.57. The molecular weight excluding hydrogens is 248 g/mol. The second kappa shape index (κ2) is 5.23. The lowest BCUT2D eigenvalue weighted by atomic mass is 9.91. The first-order valence-electron chi connectivity index (χ1n) is 7.58. The van der Waals surface area contributed by atoms with Gasteiger partial charge in [0, 0.05) is 24.1 Å². The quantitative estimate of drug-likeness (QED) is 0.856. The van der Waals surface area contributed by atoms with Gasteiger partial charge in [0.2, 0.25) is 0 Å². The molecule has 2 atom stereocenters. The zero-order chi connectivity index (χ0) is 15.1. The van der Waals surface area contributed by atoms with Crippen LogP contribution in [0.5, 0.6) is 0 Å². The summed E-state index contributed by atoms with van der Waals surface area (Å²) >= 11 is 0. The molecule has 1 aromatic heterocycles. The molecule has 0 spiro atoms. The molecule has 0 bridgehead atoms. The number of piperidine rings is 1. The number of hydrogen-bond donors (Lipinski definition) is 1. The molecule has 20 heavy (non-hydrogen) atoms. The number of hydrogen-bond acceptors (Lipinski definition) is 4. The molecular formula is C16H28N4. The number of rotatable bonds is 1. The summed E-state index contributed by atoms with van der Waals surface area (Å²) in [5.41, 5.74) is 7.05. The molecule has 0 amide bonds. The molecule has 1 aromatic rings. The lowest BCUT2D eigenvalue weighted by Crippen LogP contribution is -2.40. The number of aromatic nitrogens is 2. The minimum absolute atomic E-state index is 0.0798. The van der Waals surface area contributed by atoms with Crippen molar-refractivity contribution in [3.05, 3.63) is 11.4 Å². The van der Waals surface area contributed by atoms with Gasteiger partial charge in [-0.3, -0.25) is 0 Å². The summed E-state index contributed by atoms with van der Waals surface area (Å²) < 4.78 is 0. The highest BCUT2D eigenvalue weighted by Gasteiger charge is 2.27. The van der Waals surface area contributed by atoms with E-state index >= 15 is 0 Å². The van der Waals surface area contributed by atoms with Crippen molar-refractivity contribution in [1.29, 1.82) is 0 Å². The van der Waals surface area contributed by atoms with E-state index in [0.29, 0.717) is 17.7 Å². The van der Waals surface area contributed by atoms with Crippen LogP contribution in [0, 0.1) is 18.8 Å². The second-order valence-corrected chi connectivity index (χ2v) is 7.48. The first-order chi connectivity index (χ1) is 9.18. The summed E-state index contributed by atoms with van der Waals surface area (Å²) in [6.45, 7) is 15.2. The standard InChI is InChI=1S/C16H28N4/c1-10-7-11(2)9-20(8-10)14-12(3)13(17)18-15(19-14)16(4,5)6/h10-11H,7-9H2,1-6H3,(H2,17,18,19). The van der Waals surface area contributed by atoms with Crippen LogP contribution in [0.4, 0.5) is 11.6 Å². The molecule has 4 heteroatoms. The summed E-state index contributed by atoms with van der Waals surface area (Å²) in [5.74, 6) is 3.88. The van der Waals surface area contributed by atoms with Gasteiger partial charge in [0.15, 0.2) is 0 Å². The van der Waals surface area contributed by atoms with E-state index in [1.165, 1.54) is 6.42 Å². The fourth-order valence-electron chi connectivity index (χ4n) is 3.00. The molecule has 2 rings (SSSR count). The van der Waals surface area contributed by atoms with Crippen LogP contribution < -0.4 is 10.6 Å². The van der Waals surface area contributed by atoms with Crippen molar-refractivity contribution in [3.63, 3.8) is 0 Å². The number of anilines is 2. The summed E-state index contributed by atoms with van der Waals surface area (Å²) in [5, 5.41) is 0. The molecule has 4 nitrogen and oxygen atoms in total. The number of nitrogen functional groups attached to an aromatic ring is 1. The number of nitrogens with two attached hydrogens (primary N) is 1. The van der Waals surface area contributed by atoms with Crippen LogP contribution in [0.1, 0.15) is 52.4 Å². The predicted octanol–water partition coefficient (Wildman–Crippen LogP) is 3.15. The van der Waals surface area contributed by atoms with E-state index < -0.39 is 0 Å². The van der Waals surface area contributed by atoms with Crippen molar-refractivity contribution in [2.24, 2.45) is 11.8 Å². The zero-order valence-corrected chi connectivity index (χ0v) is 13.7. The number of nitrogens with zero attached hydrogens (tertiary/aromatic N) is 3. The maximum absolute atomic E-state index is 6.12. The van der Waals surface area contributed by atoms with Crippen molar-refractivity contribution >= 4 is 11.6 Å². The fraction of sp³-hybridized carbons (Fsp3) is 0.750. The van der Waals surface area contributed by atoms with Crippen molar-refractivity contribution in [3.8, 4) is 0 Å². The molecule has 1 aliphatic heterocycles. The van der Waals surface area contributed by atoms with Crippen LogP contribution in [0.3, 0.4) is 0 Å². The maximum Gasteiger partial charge on any atom is 0.138 e. The monoisotopic (exact) mass is 276 g/mol. The molecule has 0 aromatic carbocycles. The topological polar surface area (TPSA) is 55.0 Å². The molecule has 2 N–H and O–H groups in total. The van der Waals surface area contributed by atoms with Gasteiger partial charge in [-0.25, -0.2) is 9.97 Å². The SMILES string of the molecule is Cc1c(N)nc(C(C)(C)C)nc1N1CC(C)CC(C)C1. The average molecular weight is 276 g/mol. The van der Waals surface area contributed by atoms with Crippen LogP contribution in [-0.2, 0) is 5.41 Å². The van der Waals surface area contributed by atoms with Crippen molar-refractivity contribution in [2.45, 2.75) is 53.4 Å². The third-order valence-corrected chi connectivity index (χ3v) is 4.00. The molecule has 0 aliphatic carbocycles. The average Bonchev–Trinajstić information content (AvgIpc) is 2.29. The Morgan fingerprint density at radius 2 is 1.65 bits per heavy atom. The summed E-state index contributed by atoms with van der Waals surface area (Å²) in [6.07, 6.45) is 1.29. The smallest absolute Gasteiger partial charge is 0.138 e. The Bertz CT molecular complexity index is 480. The van der Waals surface area contributed by atoms with E-state index in [2.05, 4.69) is 44.5 Å². The third kappa shape index (κ3) is 3.05. The van der Waals surface area contributed by atoms with E-state index in [4.69, 9.17) is 10.7 Å². The third-order valence-electron chi connectivity index (χ3n) is 4.00. The lowest BCUT2D eigenvalue weighted by Gasteiger charge is -2.37. The van der Waals surface area contributed by atoms with E-state index in [0.717, 1.165) is 30.3 Å². The van der Waals surface area contributed by atoms with Gasteiger partial charge in [-0.1, -0.05) is 34.6 Å². The van der Waals surface area contributed by atoms with E-state index in [-0.39, 0.29) is 5.41 Å². The van der Waals surface area contributed by atoms with E-state index in [9.17, 15) is 0 Å². The van der Waals surface area contributed by atoms with Crippen molar-refractivity contribution < 1.29 is 0 Å². The molecule has 112 valence electrons. The summed E-state index contributed by atoms with van der Waals surface area (Å²) in [6, 6.07) is 0. The summed E-state index contributed by atoms with van der Waals surface area (Å²) in [4.78, 5) is 11.7. The Hall–Kier alpha value is -1.32. The van der Waals surface area contributed by atoms with Gasteiger partial charge in [0.05, 0.1) is 0 Å². The predicted molar refractivity (Wildman–Crippen MR) is 85.0 cm³/mol. The largest absolute Gasteiger partial charge is 0.383 e. The van der Waals surface area contributed by atoms with E-state index in [1.54, 1.807) is 0 Å². The Kier molecular flexibility index (Phi) is 3.94. The molecule has 1 aliphatic rings. The van der Waals surface area contributed by atoms with Crippen molar-refractivity contribution in [2.75, 3.05) is 23.7 Å². The van der Waals surface area contributed by atoms with Gasteiger partial charge in [-0.2, -0.15) is 0 Å². The maximum atomic E-state index is 6.12. The normalized spacial score (nSPS) is 24.0. The Morgan fingerprint density at radius 3 is 2.15 bits per heavy atom. The molecule has 0 saturated carbocycles. The summed E-state index contributed by atoms with van der Waals surface area (Å²) in [7, 11) is 0. The van der Waals surface area contributed by atoms with Gasteiger partial charge in [-0.15, -0.1) is 0 Å². The van der Waals surface area contributed by atoms with Gasteiger partial charge in [0.1, 0.15) is 17.5 Å². The lowest BCUT2D eigenvalue weighted by molar-refractivity contribution is 0.354. The van der Waals surface area contributed by atoms with E-state index in [1.807, 2.05) is 6.92 Å². The second-order valence-electron chi connectivity index (χ2n) is 7.48. The van der Waals surface area contributed by atoms with Gasteiger partial charge in [0.25, 0.3) is 0 Å². The fourth-order valence-corrected chi connectivity index (χ4v) is 3.00. The van der Waals surface area contributed by atoms with Crippen LogP contribution in [0.2, 0.25) is 0 Å². The molecule has 1 saturated heterocycles. The van der Waals surface area contributed by atoms with Crippen molar-refractivity contribution in [1.82, 2.24) is 9.97 Å². The van der Waals surface area contributed by atoms with Crippen LogP contribution >= 0.6 is 0 Å². The molecule has 1 fully saturated rings. The molecule has 0 radical (unpaired) electrons. The Morgan fingerprint density at radius 1 is 1.10 bits per heavy atom. The van der Waals surface area contributed by atoms with Crippen LogP contribution in [0.15, 0.2) is 0 Å². The molecule has 2 heterocycles. The minimum atomic E-state index is -0.0798. The van der Waals surface area contributed by atoms with Gasteiger partial charge in [-0.05, 0) is 25.2 Å². The Labute approximate surface area is 122 Å². The zero-order valence-electron chi connectivity index (χ0n) is 13.7. The van der Waals surface area contributed by atoms with Crippen LogP contribution in [0.25, 0.3) is 0 Å². The van der Waals surface area contributed by atoms with Crippen LogP contribution in [-0.4, -0.2) is 23.1 Å². The minimum Gasteiger partial charge on any atom is -0.383 e. The Balaban J connectivity index is 2.42. The first kappa shape index (κ1) is 15.1. The highest BCUT2D eigenvalue weighted by atomic mass is 15.2. The van der Waals surface area contributed by atoms with Gasteiger partial charge < -0.3 is 10.6 Å². The first-order valence-corrected chi connectivity index (χ1v) is 7.58.